The highest BCUT2D eigenvalue weighted by Gasteiger charge is 2.22. The maximum Gasteiger partial charge on any atom is 0.227 e. The lowest BCUT2D eigenvalue weighted by molar-refractivity contribution is -0.109. The van der Waals surface area contributed by atoms with Crippen molar-refractivity contribution in [3.05, 3.63) is 29.8 Å². The van der Waals surface area contributed by atoms with Gasteiger partial charge in [-0.15, -0.1) is 0 Å². The summed E-state index contributed by atoms with van der Waals surface area (Å²) in [4.78, 5) is 13.2. The molecule has 150 valence electrons. The smallest absolute Gasteiger partial charge is 0.227 e. The van der Waals surface area contributed by atoms with Crippen LogP contribution in [0.3, 0.4) is 0 Å². The molecule has 0 radical (unpaired) electrons. The van der Waals surface area contributed by atoms with E-state index in [1.807, 2.05) is 24.3 Å². The first kappa shape index (κ1) is 21.4. The number of ether oxygens (including phenoxy) is 1. The Kier molecular flexibility index (Phi) is 8.29. The Bertz CT molecular complexity index is 612. The van der Waals surface area contributed by atoms with Crippen molar-refractivity contribution in [1.29, 1.82) is 0 Å². The quantitative estimate of drug-likeness (QED) is 0.384. The molecule has 27 heavy (non-hydrogen) atoms. The number of carbonyl (C=O) groups excluding carboxylic acids is 1. The van der Waals surface area contributed by atoms with Crippen molar-refractivity contribution in [2.24, 2.45) is 22.9 Å². The highest BCUT2D eigenvalue weighted by atomic mass is 16.5. The van der Waals surface area contributed by atoms with E-state index in [9.17, 15) is 4.79 Å². The van der Waals surface area contributed by atoms with Gasteiger partial charge in [0, 0.05) is 24.4 Å². The average molecular weight is 374 g/mol. The fourth-order valence-corrected chi connectivity index (χ4v) is 3.52. The van der Waals surface area contributed by atoms with E-state index < -0.39 is 0 Å². The molecule has 3 atom stereocenters. The molecule has 1 aliphatic rings. The second-order valence-corrected chi connectivity index (χ2v) is 8.20. The Morgan fingerprint density at radius 3 is 2.56 bits per heavy atom. The molecule has 1 amide bonds. The van der Waals surface area contributed by atoms with E-state index >= 15 is 0 Å². The molecule has 0 saturated carbocycles. The normalized spacial score (nSPS) is 20.5. The summed E-state index contributed by atoms with van der Waals surface area (Å²) in [5.41, 5.74) is 4.35. The van der Waals surface area contributed by atoms with Crippen LogP contribution in [0.15, 0.2) is 29.4 Å². The summed E-state index contributed by atoms with van der Waals surface area (Å²) in [5.74, 6) is 2.05. The molecule has 5 nitrogen and oxygen atoms in total. The SMILES string of the molecule is CC(C)C(C)/C(=N\NC=O)c1ccc(OC[C@@H](C)CN2CCCC2C)cc1. The van der Waals surface area contributed by atoms with E-state index in [2.05, 4.69) is 50.0 Å². The number of rotatable bonds is 10. The van der Waals surface area contributed by atoms with E-state index in [1.165, 1.54) is 19.4 Å². The summed E-state index contributed by atoms with van der Waals surface area (Å²) in [5, 5.41) is 4.25. The lowest BCUT2D eigenvalue weighted by Crippen LogP contribution is -2.33. The van der Waals surface area contributed by atoms with Gasteiger partial charge in [-0.25, -0.2) is 5.43 Å². The number of benzene rings is 1. The Hall–Kier alpha value is -1.88. The third-order valence-corrected chi connectivity index (χ3v) is 5.59. The third kappa shape index (κ3) is 6.35. The number of hydrogen-bond acceptors (Lipinski definition) is 4. The Morgan fingerprint density at radius 2 is 2.00 bits per heavy atom. The van der Waals surface area contributed by atoms with Gasteiger partial charge in [-0.3, -0.25) is 4.79 Å². The molecular formula is C22H35N3O2. The fraction of sp³-hybridized carbons (Fsp3) is 0.636. The summed E-state index contributed by atoms with van der Waals surface area (Å²) in [6.45, 7) is 14.0. The van der Waals surface area contributed by atoms with Crippen LogP contribution in [0, 0.1) is 17.8 Å². The highest BCUT2D eigenvalue weighted by molar-refractivity contribution is 6.02. The molecule has 1 aromatic carbocycles. The summed E-state index contributed by atoms with van der Waals surface area (Å²) in [6, 6.07) is 8.72. The van der Waals surface area contributed by atoms with Crippen LogP contribution in [0.2, 0.25) is 0 Å². The number of hydrogen-bond donors (Lipinski definition) is 1. The molecule has 2 unspecified atom stereocenters. The van der Waals surface area contributed by atoms with Gasteiger partial charge in [0.1, 0.15) is 5.75 Å². The first-order valence-corrected chi connectivity index (χ1v) is 10.2. The van der Waals surface area contributed by atoms with E-state index in [-0.39, 0.29) is 5.92 Å². The standard InChI is InChI=1S/C22H35N3O2/c1-16(2)19(5)22(24-23-15-26)20-8-10-21(11-9-20)27-14-17(3)13-25-12-6-7-18(25)4/h8-11,15-19H,6-7,12-14H2,1-5H3,(H,23,26)/b24-22+/t17-,18?,19?/m0/s1. The highest BCUT2D eigenvalue weighted by Crippen LogP contribution is 2.21. The lowest BCUT2D eigenvalue weighted by Gasteiger charge is -2.25. The van der Waals surface area contributed by atoms with Gasteiger partial charge in [-0.1, -0.05) is 27.7 Å². The van der Waals surface area contributed by atoms with E-state index in [0.717, 1.165) is 30.2 Å². The zero-order valence-electron chi connectivity index (χ0n) is 17.4. The molecule has 1 saturated heterocycles. The van der Waals surface area contributed by atoms with Gasteiger partial charge in [0.15, 0.2) is 0 Å². The number of nitrogens with zero attached hydrogens (tertiary/aromatic N) is 2. The molecule has 1 heterocycles. The zero-order chi connectivity index (χ0) is 19.8. The van der Waals surface area contributed by atoms with Gasteiger partial charge in [-0.05, 0) is 62.1 Å². The molecule has 1 aromatic rings. The minimum absolute atomic E-state index is 0.242. The topological polar surface area (TPSA) is 53.9 Å². The summed E-state index contributed by atoms with van der Waals surface area (Å²) in [6.07, 6.45) is 3.23. The van der Waals surface area contributed by atoms with E-state index in [1.54, 1.807) is 0 Å². The van der Waals surface area contributed by atoms with Crippen molar-refractivity contribution in [3.63, 3.8) is 0 Å². The first-order chi connectivity index (χ1) is 12.9. The summed E-state index contributed by atoms with van der Waals surface area (Å²) < 4.78 is 6.00. The third-order valence-electron chi connectivity index (χ3n) is 5.59. The number of likely N-dealkylation sites (tertiary alicyclic amines) is 1. The van der Waals surface area contributed by atoms with Crippen molar-refractivity contribution < 1.29 is 9.53 Å². The molecule has 0 aliphatic carbocycles. The Morgan fingerprint density at radius 1 is 1.30 bits per heavy atom. The van der Waals surface area contributed by atoms with Crippen molar-refractivity contribution in [1.82, 2.24) is 10.3 Å². The molecule has 2 rings (SSSR count). The van der Waals surface area contributed by atoms with Gasteiger partial charge >= 0.3 is 0 Å². The second kappa shape index (κ2) is 10.5. The van der Waals surface area contributed by atoms with Gasteiger partial charge < -0.3 is 9.64 Å². The van der Waals surface area contributed by atoms with Crippen LogP contribution in [-0.4, -0.2) is 42.8 Å². The van der Waals surface area contributed by atoms with Crippen LogP contribution in [0.25, 0.3) is 0 Å². The Balaban J connectivity index is 1.93. The van der Waals surface area contributed by atoms with Gasteiger partial charge in [0.25, 0.3) is 0 Å². The van der Waals surface area contributed by atoms with Crippen LogP contribution in [-0.2, 0) is 4.79 Å². The van der Waals surface area contributed by atoms with E-state index in [0.29, 0.717) is 24.3 Å². The van der Waals surface area contributed by atoms with Crippen molar-refractivity contribution in [3.8, 4) is 5.75 Å². The number of hydrazone groups is 1. The predicted octanol–water partition coefficient (Wildman–Crippen LogP) is 3.93. The summed E-state index contributed by atoms with van der Waals surface area (Å²) >= 11 is 0. The minimum atomic E-state index is 0.242. The molecule has 1 fully saturated rings. The second-order valence-electron chi connectivity index (χ2n) is 8.20. The van der Waals surface area contributed by atoms with Crippen LogP contribution in [0.4, 0.5) is 0 Å². The van der Waals surface area contributed by atoms with Gasteiger partial charge in [-0.2, -0.15) is 5.10 Å². The van der Waals surface area contributed by atoms with E-state index in [4.69, 9.17) is 4.74 Å². The summed E-state index contributed by atoms with van der Waals surface area (Å²) in [7, 11) is 0. The van der Waals surface area contributed by atoms with Crippen LogP contribution in [0.5, 0.6) is 5.75 Å². The molecule has 0 bridgehead atoms. The minimum Gasteiger partial charge on any atom is -0.493 e. The molecule has 0 spiro atoms. The number of nitrogens with one attached hydrogen (secondary N) is 1. The number of amides is 1. The first-order valence-electron chi connectivity index (χ1n) is 10.2. The number of carbonyl (C=O) groups is 1. The van der Waals surface area contributed by atoms with Crippen molar-refractivity contribution in [2.75, 3.05) is 19.7 Å². The predicted molar refractivity (Wildman–Crippen MR) is 111 cm³/mol. The maximum atomic E-state index is 10.6. The Labute approximate surface area is 164 Å². The largest absolute Gasteiger partial charge is 0.493 e. The monoisotopic (exact) mass is 373 g/mol. The average Bonchev–Trinajstić information content (AvgIpc) is 3.05. The van der Waals surface area contributed by atoms with Gasteiger partial charge in [0.2, 0.25) is 6.41 Å². The van der Waals surface area contributed by atoms with Crippen LogP contribution >= 0.6 is 0 Å². The lowest BCUT2D eigenvalue weighted by atomic mass is 9.89. The van der Waals surface area contributed by atoms with Gasteiger partial charge in [0.05, 0.1) is 12.3 Å². The maximum absolute atomic E-state index is 10.6. The molecule has 1 N–H and O–H groups in total. The molecule has 5 heteroatoms. The van der Waals surface area contributed by atoms with Crippen molar-refractivity contribution in [2.45, 2.75) is 53.5 Å². The van der Waals surface area contributed by atoms with Crippen LogP contribution in [0.1, 0.15) is 53.0 Å². The molecule has 1 aliphatic heterocycles. The zero-order valence-corrected chi connectivity index (χ0v) is 17.4. The van der Waals surface area contributed by atoms with Crippen molar-refractivity contribution >= 4 is 12.1 Å². The van der Waals surface area contributed by atoms with Crippen LogP contribution < -0.4 is 10.2 Å². The molecular weight excluding hydrogens is 338 g/mol. The fourth-order valence-electron chi connectivity index (χ4n) is 3.52. The molecule has 0 aromatic heterocycles.